The summed E-state index contributed by atoms with van der Waals surface area (Å²) in [5.74, 6) is -0.573. The Balaban J connectivity index is 1.83. The van der Waals surface area contributed by atoms with Crippen molar-refractivity contribution in [2.75, 3.05) is 7.05 Å². The summed E-state index contributed by atoms with van der Waals surface area (Å²) < 4.78 is 26.7. The minimum absolute atomic E-state index is 0.208. The van der Waals surface area contributed by atoms with Gasteiger partial charge in [-0.15, -0.1) is 11.3 Å². The van der Waals surface area contributed by atoms with Crippen LogP contribution in [0.2, 0.25) is 0 Å². The van der Waals surface area contributed by atoms with E-state index >= 15 is 0 Å². The Morgan fingerprint density at radius 1 is 1.29 bits per heavy atom. The summed E-state index contributed by atoms with van der Waals surface area (Å²) in [6.07, 6.45) is 4.13. The van der Waals surface area contributed by atoms with Gasteiger partial charge in [0.05, 0.1) is 0 Å². The number of benzene rings is 1. The van der Waals surface area contributed by atoms with Gasteiger partial charge in [0.15, 0.2) is 0 Å². The molecule has 112 valence electrons. The summed E-state index contributed by atoms with van der Waals surface area (Å²) in [6.45, 7) is 0. The molecule has 0 fully saturated rings. The van der Waals surface area contributed by atoms with Crippen LogP contribution in [-0.4, -0.2) is 13.1 Å². The van der Waals surface area contributed by atoms with E-state index in [2.05, 4.69) is 16.8 Å². The van der Waals surface area contributed by atoms with E-state index in [4.69, 9.17) is 0 Å². The molecule has 0 spiro atoms. The van der Waals surface area contributed by atoms with E-state index in [1.54, 1.807) is 0 Å². The third-order valence-corrected chi connectivity index (χ3v) is 5.33. The Morgan fingerprint density at radius 2 is 2.05 bits per heavy atom. The highest BCUT2D eigenvalue weighted by atomic mass is 32.1. The van der Waals surface area contributed by atoms with E-state index in [-0.39, 0.29) is 6.04 Å². The molecule has 2 unspecified atom stereocenters. The van der Waals surface area contributed by atoms with Crippen molar-refractivity contribution in [3.63, 3.8) is 0 Å². The number of hydrogen-bond acceptors (Lipinski definition) is 2. The first kappa shape index (κ1) is 14.7. The molecular weight excluding hydrogens is 288 g/mol. The zero-order chi connectivity index (χ0) is 14.8. The quantitative estimate of drug-likeness (QED) is 0.889. The Bertz CT molecular complexity index is 603. The van der Waals surface area contributed by atoms with E-state index in [9.17, 15) is 8.78 Å². The van der Waals surface area contributed by atoms with Gasteiger partial charge in [0.25, 0.3) is 0 Å². The second kappa shape index (κ2) is 6.24. The van der Waals surface area contributed by atoms with Crippen LogP contribution < -0.4 is 5.32 Å². The van der Waals surface area contributed by atoms with Gasteiger partial charge in [-0.3, -0.25) is 0 Å². The molecule has 1 heterocycles. The fourth-order valence-electron chi connectivity index (χ4n) is 3.37. The van der Waals surface area contributed by atoms with E-state index in [1.165, 1.54) is 29.0 Å². The van der Waals surface area contributed by atoms with Crippen molar-refractivity contribution in [3.05, 3.63) is 57.3 Å². The Labute approximate surface area is 128 Å². The molecule has 1 aliphatic rings. The molecular formula is C17H19F2NS. The number of rotatable bonds is 4. The first-order chi connectivity index (χ1) is 10.2. The number of thiophene rings is 1. The average Bonchev–Trinajstić information content (AvgIpc) is 2.92. The van der Waals surface area contributed by atoms with E-state index < -0.39 is 11.6 Å². The minimum atomic E-state index is -0.500. The summed E-state index contributed by atoms with van der Waals surface area (Å²) in [5.41, 5.74) is 2.14. The fourth-order valence-corrected chi connectivity index (χ4v) is 4.36. The molecule has 2 atom stereocenters. The zero-order valence-electron chi connectivity index (χ0n) is 12.0. The molecule has 3 rings (SSSR count). The lowest BCUT2D eigenvalue weighted by Gasteiger charge is -2.30. The van der Waals surface area contributed by atoms with E-state index in [0.29, 0.717) is 17.9 Å². The standard InChI is InChI=1S/C17H19F2NS/c1-20-16(9-11-7-12(18)10-13(19)8-11)14-3-2-4-17-15(14)5-6-21-17/h5-8,10,14,16,20H,2-4,9H2,1H3. The first-order valence-corrected chi connectivity index (χ1v) is 8.24. The zero-order valence-corrected chi connectivity index (χ0v) is 12.9. The number of likely N-dealkylation sites (N-methyl/N-ethyl adjacent to an activating group) is 1. The van der Waals surface area contributed by atoms with E-state index in [1.807, 2.05) is 18.4 Å². The van der Waals surface area contributed by atoms with Gasteiger partial charge in [0.1, 0.15) is 11.6 Å². The van der Waals surface area contributed by atoms with Crippen molar-refractivity contribution in [2.24, 2.45) is 0 Å². The van der Waals surface area contributed by atoms with Crippen LogP contribution in [0.5, 0.6) is 0 Å². The highest BCUT2D eigenvalue weighted by Crippen LogP contribution is 2.37. The summed E-state index contributed by atoms with van der Waals surface area (Å²) in [7, 11) is 1.93. The normalized spacial score (nSPS) is 19.3. The molecule has 2 aromatic rings. The van der Waals surface area contributed by atoms with Crippen LogP contribution in [0.25, 0.3) is 0 Å². The molecule has 1 aliphatic carbocycles. The second-order valence-electron chi connectivity index (χ2n) is 5.67. The first-order valence-electron chi connectivity index (χ1n) is 7.36. The largest absolute Gasteiger partial charge is 0.316 e. The molecule has 0 saturated heterocycles. The van der Waals surface area contributed by atoms with Gasteiger partial charge >= 0.3 is 0 Å². The molecule has 21 heavy (non-hydrogen) atoms. The number of nitrogens with one attached hydrogen (secondary N) is 1. The monoisotopic (exact) mass is 307 g/mol. The Kier molecular flexibility index (Phi) is 4.36. The van der Waals surface area contributed by atoms with Crippen LogP contribution in [0.15, 0.2) is 29.6 Å². The molecule has 0 saturated carbocycles. The number of hydrogen-bond donors (Lipinski definition) is 1. The molecule has 1 aromatic heterocycles. The maximum Gasteiger partial charge on any atom is 0.126 e. The van der Waals surface area contributed by atoms with Gasteiger partial charge in [-0.1, -0.05) is 0 Å². The lowest BCUT2D eigenvalue weighted by atomic mass is 9.80. The fraction of sp³-hybridized carbons (Fsp3) is 0.412. The van der Waals surface area contributed by atoms with Gasteiger partial charge in [-0.25, -0.2) is 8.78 Å². The topological polar surface area (TPSA) is 12.0 Å². The molecule has 0 amide bonds. The average molecular weight is 307 g/mol. The van der Waals surface area contributed by atoms with Gasteiger partial charge in [-0.2, -0.15) is 0 Å². The van der Waals surface area contributed by atoms with Crippen molar-refractivity contribution in [1.82, 2.24) is 5.32 Å². The third-order valence-electron chi connectivity index (χ3n) is 4.33. The molecule has 0 radical (unpaired) electrons. The smallest absolute Gasteiger partial charge is 0.126 e. The molecule has 1 N–H and O–H groups in total. The predicted molar refractivity (Wildman–Crippen MR) is 82.9 cm³/mol. The predicted octanol–water partition coefficient (Wildman–Crippen LogP) is 4.28. The number of halogens is 2. The third kappa shape index (κ3) is 3.16. The lowest BCUT2D eigenvalue weighted by molar-refractivity contribution is 0.412. The van der Waals surface area contributed by atoms with Gasteiger partial charge < -0.3 is 5.32 Å². The summed E-state index contributed by atoms with van der Waals surface area (Å²) in [6, 6.07) is 6.21. The lowest BCUT2D eigenvalue weighted by Crippen LogP contribution is -2.35. The maximum atomic E-state index is 13.4. The summed E-state index contributed by atoms with van der Waals surface area (Å²) in [4.78, 5) is 1.47. The molecule has 0 aliphatic heterocycles. The number of aryl methyl sites for hydroxylation is 1. The Hall–Kier alpha value is -1.26. The van der Waals surface area contributed by atoms with Crippen molar-refractivity contribution in [3.8, 4) is 0 Å². The highest BCUT2D eigenvalue weighted by molar-refractivity contribution is 7.10. The van der Waals surface area contributed by atoms with Crippen LogP contribution in [0.4, 0.5) is 8.78 Å². The minimum Gasteiger partial charge on any atom is -0.316 e. The van der Waals surface area contributed by atoms with Gasteiger partial charge in [0.2, 0.25) is 0 Å². The molecule has 4 heteroatoms. The second-order valence-corrected chi connectivity index (χ2v) is 6.68. The van der Waals surface area contributed by atoms with Crippen LogP contribution in [0.3, 0.4) is 0 Å². The van der Waals surface area contributed by atoms with Crippen molar-refractivity contribution in [1.29, 1.82) is 0 Å². The summed E-state index contributed by atoms with van der Waals surface area (Å²) in [5, 5.41) is 5.50. The summed E-state index contributed by atoms with van der Waals surface area (Å²) >= 11 is 1.82. The van der Waals surface area contributed by atoms with E-state index in [0.717, 1.165) is 18.9 Å². The Morgan fingerprint density at radius 3 is 2.76 bits per heavy atom. The molecule has 1 nitrogen and oxygen atoms in total. The number of fused-ring (bicyclic) bond motifs is 1. The van der Waals surface area contributed by atoms with Crippen LogP contribution >= 0.6 is 11.3 Å². The van der Waals surface area contributed by atoms with Gasteiger partial charge in [0, 0.05) is 22.9 Å². The molecule has 1 aromatic carbocycles. The van der Waals surface area contributed by atoms with Crippen molar-refractivity contribution in [2.45, 2.75) is 37.6 Å². The van der Waals surface area contributed by atoms with Crippen molar-refractivity contribution < 1.29 is 8.78 Å². The SMILES string of the molecule is CNC(Cc1cc(F)cc(F)c1)C1CCCc2sccc21. The highest BCUT2D eigenvalue weighted by Gasteiger charge is 2.28. The van der Waals surface area contributed by atoms with Crippen molar-refractivity contribution >= 4 is 11.3 Å². The maximum absolute atomic E-state index is 13.4. The van der Waals surface area contributed by atoms with Crippen LogP contribution in [0, 0.1) is 11.6 Å². The van der Waals surface area contributed by atoms with Gasteiger partial charge in [-0.05, 0) is 67.4 Å². The molecule has 0 bridgehead atoms. The van der Waals surface area contributed by atoms with Crippen LogP contribution in [0.1, 0.15) is 34.8 Å². The van der Waals surface area contributed by atoms with Crippen LogP contribution in [-0.2, 0) is 12.8 Å².